The summed E-state index contributed by atoms with van der Waals surface area (Å²) in [6.07, 6.45) is -3.01. The van der Waals surface area contributed by atoms with Gasteiger partial charge in [0.2, 0.25) is 5.95 Å². The van der Waals surface area contributed by atoms with Crippen LogP contribution in [-0.2, 0) is 12.6 Å². The molecule has 5 rings (SSSR count). The van der Waals surface area contributed by atoms with Gasteiger partial charge in [-0.3, -0.25) is 4.90 Å². The smallest absolute Gasteiger partial charge is 0.395 e. The molecule has 2 N–H and O–H groups in total. The molecule has 2 aromatic heterocycles. The summed E-state index contributed by atoms with van der Waals surface area (Å²) >= 11 is 8.43. The van der Waals surface area contributed by atoms with E-state index in [4.69, 9.17) is 12.2 Å². The van der Waals surface area contributed by atoms with Gasteiger partial charge in [-0.2, -0.15) is 13.2 Å². The fourth-order valence-electron chi connectivity index (χ4n) is 4.83. The van der Waals surface area contributed by atoms with Crippen LogP contribution in [0, 0.1) is 0 Å². The van der Waals surface area contributed by atoms with Gasteiger partial charge in [-0.25, -0.2) is 9.97 Å². The highest BCUT2D eigenvalue weighted by molar-refractivity contribution is 7.99. The molecule has 0 amide bonds. The van der Waals surface area contributed by atoms with E-state index in [0.29, 0.717) is 16.4 Å². The molecule has 2 aliphatic rings. The van der Waals surface area contributed by atoms with Crippen molar-refractivity contribution < 1.29 is 18.3 Å². The van der Waals surface area contributed by atoms with Crippen molar-refractivity contribution in [1.29, 1.82) is 0 Å². The zero-order valence-electron chi connectivity index (χ0n) is 22.3. The van der Waals surface area contributed by atoms with Crippen molar-refractivity contribution in [3.63, 3.8) is 0 Å². The SMILES string of the molecule is CCc1cc(N2CCN(CCO)CC2)ccc1Nc1ncc(C(F)(F)F)c(-c2cc3c(s2)C(=S)N(C)CCS3)n1. The lowest BCUT2D eigenvalue weighted by Gasteiger charge is -2.36. The number of aryl methyl sites for hydroxylation is 1. The minimum absolute atomic E-state index is 0.110. The largest absolute Gasteiger partial charge is 0.420 e. The molecule has 7 nitrogen and oxygen atoms in total. The molecule has 13 heteroatoms. The predicted molar refractivity (Wildman–Crippen MR) is 160 cm³/mol. The molecular weight excluding hydrogens is 578 g/mol. The van der Waals surface area contributed by atoms with Crippen LogP contribution in [0.25, 0.3) is 10.6 Å². The monoisotopic (exact) mass is 608 g/mol. The van der Waals surface area contributed by atoms with Gasteiger partial charge in [0.25, 0.3) is 0 Å². The molecule has 40 heavy (non-hydrogen) atoms. The summed E-state index contributed by atoms with van der Waals surface area (Å²) in [5.74, 6) is 0.912. The molecule has 2 aliphatic heterocycles. The first-order chi connectivity index (χ1) is 19.2. The number of hydrogen-bond donors (Lipinski definition) is 2. The number of aromatic nitrogens is 2. The number of fused-ring (bicyclic) bond motifs is 1. The fraction of sp³-hybridized carbons (Fsp3) is 0.444. The molecule has 3 aromatic rings. The lowest BCUT2D eigenvalue weighted by Crippen LogP contribution is -2.47. The second-order valence-electron chi connectivity index (χ2n) is 9.71. The number of aliphatic hydroxyl groups excluding tert-OH is 1. The topological polar surface area (TPSA) is 67.8 Å². The molecule has 0 saturated carbocycles. The summed E-state index contributed by atoms with van der Waals surface area (Å²) in [6.45, 7) is 7.17. The van der Waals surface area contributed by atoms with Crippen LogP contribution in [0.1, 0.15) is 22.9 Å². The Kier molecular flexibility index (Phi) is 8.86. The zero-order valence-corrected chi connectivity index (χ0v) is 24.7. The van der Waals surface area contributed by atoms with Gasteiger partial charge in [-0.05, 0) is 36.2 Å². The van der Waals surface area contributed by atoms with Gasteiger partial charge in [0.15, 0.2) is 0 Å². The van der Waals surface area contributed by atoms with Crippen LogP contribution < -0.4 is 10.2 Å². The number of rotatable bonds is 7. The normalized spacial score (nSPS) is 16.7. The molecule has 1 saturated heterocycles. The van der Waals surface area contributed by atoms with E-state index < -0.39 is 11.7 Å². The average molecular weight is 609 g/mol. The molecule has 0 radical (unpaired) electrons. The number of alkyl halides is 3. The predicted octanol–water partition coefficient (Wildman–Crippen LogP) is 5.36. The first kappa shape index (κ1) is 29.1. The van der Waals surface area contributed by atoms with E-state index in [9.17, 15) is 18.3 Å². The van der Waals surface area contributed by atoms with Crippen molar-refractivity contribution in [2.75, 3.05) is 68.9 Å². The van der Waals surface area contributed by atoms with Gasteiger partial charge < -0.3 is 20.2 Å². The third-order valence-corrected chi connectivity index (χ3v) is 10.1. The summed E-state index contributed by atoms with van der Waals surface area (Å²) < 4.78 is 42.1. The van der Waals surface area contributed by atoms with E-state index in [1.165, 1.54) is 11.3 Å². The van der Waals surface area contributed by atoms with E-state index >= 15 is 0 Å². The second-order valence-corrected chi connectivity index (χ2v) is 12.3. The molecule has 4 heterocycles. The first-order valence-corrected chi connectivity index (χ1v) is 15.3. The van der Waals surface area contributed by atoms with Crippen molar-refractivity contribution in [2.45, 2.75) is 24.4 Å². The number of thioether (sulfide) groups is 1. The van der Waals surface area contributed by atoms with E-state index in [1.54, 1.807) is 17.8 Å². The highest BCUT2D eigenvalue weighted by Crippen LogP contribution is 2.43. The second kappa shape index (κ2) is 12.2. The van der Waals surface area contributed by atoms with Crippen LogP contribution in [0.2, 0.25) is 0 Å². The number of thiocarbonyl (C=S) groups is 1. The van der Waals surface area contributed by atoms with Crippen LogP contribution in [0.3, 0.4) is 0 Å². The molecule has 1 aromatic carbocycles. The van der Waals surface area contributed by atoms with E-state index in [0.717, 1.165) is 77.8 Å². The minimum Gasteiger partial charge on any atom is -0.395 e. The number of hydrogen-bond acceptors (Lipinski definition) is 9. The van der Waals surface area contributed by atoms with Crippen LogP contribution in [-0.4, -0.2) is 88.5 Å². The zero-order chi connectivity index (χ0) is 28.4. The van der Waals surface area contributed by atoms with Crippen molar-refractivity contribution in [2.24, 2.45) is 0 Å². The van der Waals surface area contributed by atoms with Gasteiger partial charge in [0.1, 0.15) is 10.6 Å². The third-order valence-electron chi connectivity index (χ3n) is 7.12. The van der Waals surface area contributed by atoms with E-state index in [1.807, 2.05) is 31.0 Å². The highest BCUT2D eigenvalue weighted by Gasteiger charge is 2.36. The lowest BCUT2D eigenvalue weighted by molar-refractivity contribution is -0.137. The van der Waals surface area contributed by atoms with Crippen molar-refractivity contribution >= 4 is 57.6 Å². The maximum absolute atomic E-state index is 14.0. The number of piperazine rings is 1. The summed E-state index contributed by atoms with van der Waals surface area (Å²) in [5.41, 5.74) is 1.86. The Morgan fingerprint density at radius 2 is 1.90 bits per heavy atom. The molecule has 0 aliphatic carbocycles. The molecule has 0 unspecified atom stereocenters. The van der Waals surface area contributed by atoms with Gasteiger partial charge in [0.05, 0.1) is 22.1 Å². The minimum atomic E-state index is -4.60. The Hall–Kier alpha value is -2.45. The first-order valence-electron chi connectivity index (χ1n) is 13.1. The lowest BCUT2D eigenvalue weighted by atomic mass is 10.1. The Labute approximate surface area is 245 Å². The Morgan fingerprint density at radius 3 is 2.60 bits per heavy atom. The number of anilines is 3. The number of aliphatic hydroxyl groups is 1. The Balaban J connectivity index is 1.43. The van der Waals surface area contributed by atoms with Crippen LogP contribution in [0.5, 0.6) is 0 Å². The molecule has 0 atom stereocenters. The summed E-state index contributed by atoms with van der Waals surface area (Å²) in [4.78, 5) is 17.7. The molecule has 1 fully saturated rings. The van der Waals surface area contributed by atoms with E-state index in [-0.39, 0.29) is 18.2 Å². The Bertz CT molecular complexity index is 1370. The highest BCUT2D eigenvalue weighted by atomic mass is 32.2. The van der Waals surface area contributed by atoms with Crippen LogP contribution >= 0.6 is 35.3 Å². The average Bonchev–Trinajstić information content (AvgIpc) is 3.31. The molecule has 214 valence electrons. The maximum atomic E-state index is 14.0. The van der Waals surface area contributed by atoms with Gasteiger partial charge in [-0.15, -0.1) is 23.1 Å². The summed E-state index contributed by atoms with van der Waals surface area (Å²) in [7, 11) is 1.90. The molecule has 0 bridgehead atoms. The van der Waals surface area contributed by atoms with Crippen molar-refractivity contribution in [3.05, 3.63) is 46.5 Å². The quantitative estimate of drug-likeness (QED) is 0.345. The van der Waals surface area contributed by atoms with Crippen molar-refractivity contribution in [3.8, 4) is 10.6 Å². The number of nitrogens with one attached hydrogen (secondary N) is 1. The standard InChI is InChI=1S/C27H31F3N6OS3/c1-3-17-14-18(36-8-6-35(7-9-36)10-12-37)4-5-20(17)32-26-31-16-19(27(28,29)30)23(33-26)21-15-22-24(40-21)25(38)34(2)11-13-39-22/h4-5,14-16,37H,3,6-13H2,1-2H3,(H,31,32,33). The molecular formula is C27H31F3N6OS3. The third kappa shape index (κ3) is 6.23. The summed E-state index contributed by atoms with van der Waals surface area (Å²) in [6, 6.07) is 7.83. The van der Waals surface area contributed by atoms with Gasteiger partial charge in [-0.1, -0.05) is 19.1 Å². The number of thiophene rings is 1. The molecule has 0 spiro atoms. The number of benzene rings is 1. The van der Waals surface area contributed by atoms with E-state index in [2.05, 4.69) is 31.2 Å². The van der Waals surface area contributed by atoms with Gasteiger partial charge in [0, 0.05) is 74.5 Å². The van der Waals surface area contributed by atoms with Crippen LogP contribution in [0.15, 0.2) is 35.4 Å². The Morgan fingerprint density at radius 1 is 1.12 bits per heavy atom. The number of halogens is 3. The van der Waals surface area contributed by atoms with Gasteiger partial charge >= 0.3 is 6.18 Å². The van der Waals surface area contributed by atoms with Crippen molar-refractivity contribution in [1.82, 2.24) is 19.8 Å². The number of nitrogens with zero attached hydrogens (tertiary/aromatic N) is 5. The fourth-order valence-corrected chi connectivity index (χ4v) is 7.67. The van der Waals surface area contributed by atoms with Crippen LogP contribution in [0.4, 0.5) is 30.5 Å². The number of β-amino-alcohol motifs (C(OH)–C–C–N with tert-alkyl or cyclic N) is 1. The summed E-state index contributed by atoms with van der Waals surface area (Å²) in [5, 5.41) is 12.4. The maximum Gasteiger partial charge on any atom is 0.420 e.